The molecule has 0 unspecified atom stereocenters. The van der Waals surface area contributed by atoms with Crippen molar-refractivity contribution in [1.82, 2.24) is 0 Å². The summed E-state index contributed by atoms with van der Waals surface area (Å²) in [5.41, 5.74) is 1.00. The van der Waals surface area contributed by atoms with Crippen LogP contribution >= 0.6 is 0 Å². The predicted molar refractivity (Wildman–Crippen MR) is 63.4 cm³/mol. The Labute approximate surface area is 101 Å². The molecule has 0 saturated carbocycles. The van der Waals surface area contributed by atoms with E-state index in [0.717, 1.165) is 5.56 Å². The van der Waals surface area contributed by atoms with Crippen molar-refractivity contribution in [2.24, 2.45) is 0 Å². The van der Waals surface area contributed by atoms with Crippen molar-refractivity contribution in [2.45, 2.75) is 25.2 Å². The van der Waals surface area contributed by atoms with Gasteiger partial charge >= 0.3 is 0 Å². The molecule has 1 heterocycles. The molecule has 4 heteroatoms. The molecule has 2 atom stereocenters. The van der Waals surface area contributed by atoms with Crippen LogP contribution in [0.15, 0.2) is 18.2 Å². The molecular formula is C13H18O4. The van der Waals surface area contributed by atoms with Crippen LogP contribution in [0, 0.1) is 0 Å². The Kier molecular flexibility index (Phi) is 3.26. The molecule has 2 rings (SSSR count). The van der Waals surface area contributed by atoms with E-state index >= 15 is 0 Å². The van der Waals surface area contributed by atoms with Gasteiger partial charge in [0.25, 0.3) is 0 Å². The van der Waals surface area contributed by atoms with Gasteiger partial charge in [0.1, 0.15) is 0 Å². The Bertz CT molecular complexity index is 404. The average molecular weight is 238 g/mol. The van der Waals surface area contributed by atoms with Gasteiger partial charge < -0.3 is 18.9 Å². The molecule has 1 aromatic rings. The molecule has 4 nitrogen and oxygen atoms in total. The van der Waals surface area contributed by atoms with Crippen molar-refractivity contribution < 1.29 is 18.9 Å². The normalized spacial score (nSPS) is 27.2. The first-order valence-electron chi connectivity index (χ1n) is 5.57. The zero-order chi connectivity index (χ0) is 12.5. The molecule has 0 N–H and O–H groups in total. The second-order valence-electron chi connectivity index (χ2n) is 4.25. The highest BCUT2D eigenvalue weighted by molar-refractivity contribution is 5.49. The molecule has 94 valence electrons. The van der Waals surface area contributed by atoms with Crippen molar-refractivity contribution in [2.75, 3.05) is 21.3 Å². The number of para-hydroxylation sites is 1. The number of hydrogen-bond acceptors (Lipinski definition) is 4. The Hall–Kier alpha value is -1.26. The van der Waals surface area contributed by atoms with Crippen LogP contribution < -0.4 is 9.47 Å². The summed E-state index contributed by atoms with van der Waals surface area (Å²) < 4.78 is 22.1. The lowest BCUT2D eigenvalue weighted by Crippen LogP contribution is -2.40. The van der Waals surface area contributed by atoms with Gasteiger partial charge in [0, 0.05) is 33.1 Å². The van der Waals surface area contributed by atoms with Gasteiger partial charge in [0.15, 0.2) is 11.5 Å². The second-order valence-corrected chi connectivity index (χ2v) is 4.25. The summed E-state index contributed by atoms with van der Waals surface area (Å²) in [5.74, 6) is 0.729. The standard InChI is InChI=1S/C13H18O4/c1-13(16-4)8-11(15-3)9-6-5-7-10(14-2)12(9)17-13/h5-7,11H,8H2,1-4H3/t11-,13+/m0/s1. The molecule has 0 radical (unpaired) electrons. The van der Waals surface area contributed by atoms with Crippen molar-refractivity contribution in [3.63, 3.8) is 0 Å². The van der Waals surface area contributed by atoms with Gasteiger partial charge in [-0.15, -0.1) is 0 Å². The van der Waals surface area contributed by atoms with Crippen LogP contribution in [-0.4, -0.2) is 27.1 Å². The van der Waals surface area contributed by atoms with Crippen molar-refractivity contribution in [3.8, 4) is 11.5 Å². The molecule has 0 amide bonds. The molecule has 0 bridgehead atoms. The molecule has 0 saturated heterocycles. The molecule has 1 aromatic carbocycles. The summed E-state index contributed by atoms with van der Waals surface area (Å²) in [4.78, 5) is 0. The van der Waals surface area contributed by atoms with Gasteiger partial charge in [-0.3, -0.25) is 0 Å². The van der Waals surface area contributed by atoms with Crippen LogP contribution in [0.1, 0.15) is 25.0 Å². The monoisotopic (exact) mass is 238 g/mol. The lowest BCUT2D eigenvalue weighted by molar-refractivity contribution is -0.185. The van der Waals surface area contributed by atoms with Crippen LogP contribution in [-0.2, 0) is 9.47 Å². The first kappa shape index (κ1) is 12.2. The minimum Gasteiger partial charge on any atom is -0.493 e. The third-order valence-electron chi connectivity index (χ3n) is 3.17. The highest BCUT2D eigenvalue weighted by Crippen LogP contribution is 2.46. The SMILES string of the molecule is COc1cccc2c1O[C@@](C)(OC)C[C@@H]2OC. The third-order valence-corrected chi connectivity index (χ3v) is 3.17. The maximum Gasteiger partial charge on any atom is 0.210 e. The van der Waals surface area contributed by atoms with Crippen LogP contribution in [0.25, 0.3) is 0 Å². The quantitative estimate of drug-likeness (QED) is 0.810. The summed E-state index contributed by atoms with van der Waals surface area (Å²) in [7, 11) is 4.95. The van der Waals surface area contributed by atoms with E-state index < -0.39 is 5.79 Å². The number of rotatable bonds is 3. The fourth-order valence-electron chi connectivity index (χ4n) is 2.10. The highest BCUT2D eigenvalue weighted by Gasteiger charge is 2.39. The minimum absolute atomic E-state index is 0.0428. The van der Waals surface area contributed by atoms with Crippen LogP contribution in [0.4, 0.5) is 0 Å². The van der Waals surface area contributed by atoms with Gasteiger partial charge in [-0.2, -0.15) is 0 Å². The number of fused-ring (bicyclic) bond motifs is 1. The van der Waals surface area contributed by atoms with E-state index in [1.807, 2.05) is 25.1 Å². The molecular weight excluding hydrogens is 220 g/mol. The van der Waals surface area contributed by atoms with Gasteiger partial charge in [0.05, 0.1) is 13.2 Å². The highest BCUT2D eigenvalue weighted by atomic mass is 16.7. The Morgan fingerprint density at radius 3 is 2.65 bits per heavy atom. The molecule has 17 heavy (non-hydrogen) atoms. The summed E-state index contributed by atoms with van der Waals surface area (Å²) >= 11 is 0. The molecule has 0 fully saturated rings. The Morgan fingerprint density at radius 2 is 2.06 bits per heavy atom. The van der Waals surface area contributed by atoms with E-state index in [-0.39, 0.29) is 6.10 Å². The van der Waals surface area contributed by atoms with E-state index in [0.29, 0.717) is 17.9 Å². The van der Waals surface area contributed by atoms with E-state index in [1.165, 1.54) is 0 Å². The third kappa shape index (κ3) is 2.10. The second kappa shape index (κ2) is 4.55. The van der Waals surface area contributed by atoms with E-state index in [4.69, 9.17) is 18.9 Å². The maximum absolute atomic E-state index is 5.90. The molecule has 0 spiro atoms. The van der Waals surface area contributed by atoms with Gasteiger partial charge in [-0.05, 0) is 6.07 Å². The first-order valence-corrected chi connectivity index (χ1v) is 5.57. The molecule has 1 aliphatic heterocycles. The zero-order valence-electron chi connectivity index (χ0n) is 10.6. The topological polar surface area (TPSA) is 36.9 Å². The van der Waals surface area contributed by atoms with E-state index in [2.05, 4.69) is 0 Å². The van der Waals surface area contributed by atoms with Gasteiger partial charge in [-0.25, -0.2) is 0 Å². The number of methoxy groups -OCH3 is 3. The van der Waals surface area contributed by atoms with Crippen molar-refractivity contribution in [3.05, 3.63) is 23.8 Å². The number of ether oxygens (including phenoxy) is 4. The Balaban J connectivity index is 2.48. The zero-order valence-corrected chi connectivity index (χ0v) is 10.6. The summed E-state index contributed by atoms with van der Waals surface area (Å²) in [6.45, 7) is 1.90. The summed E-state index contributed by atoms with van der Waals surface area (Å²) in [5, 5.41) is 0. The van der Waals surface area contributed by atoms with Gasteiger partial charge in [-0.1, -0.05) is 12.1 Å². The van der Waals surface area contributed by atoms with Crippen LogP contribution in [0.3, 0.4) is 0 Å². The minimum atomic E-state index is -0.678. The molecule has 0 aliphatic carbocycles. The van der Waals surface area contributed by atoms with Crippen molar-refractivity contribution >= 4 is 0 Å². The number of hydrogen-bond donors (Lipinski definition) is 0. The van der Waals surface area contributed by atoms with Crippen molar-refractivity contribution in [1.29, 1.82) is 0 Å². The lowest BCUT2D eigenvalue weighted by Gasteiger charge is -2.38. The van der Waals surface area contributed by atoms with E-state index in [9.17, 15) is 0 Å². The maximum atomic E-state index is 5.90. The summed E-state index contributed by atoms with van der Waals surface area (Å²) in [6, 6.07) is 5.79. The van der Waals surface area contributed by atoms with Crippen LogP contribution in [0.5, 0.6) is 11.5 Å². The summed E-state index contributed by atoms with van der Waals surface area (Å²) in [6.07, 6.45) is 0.610. The average Bonchev–Trinajstić information content (AvgIpc) is 2.37. The molecule has 1 aliphatic rings. The fourth-order valence-corrected chi connectivity index (χ4v) is 2.10. The lowest BCUT2D eigenvalue weighted by atomic mass is 9.97. The van der Waals surface area contributed by atoms with Crippen LogP contribution in [0.2, 0.25) is 0 Å². The smallest absolute Gasteiger partial charge is 0.210 e. The predicted octanol–water partition coefficient (Wildman–Crippen LogP) is 2.53. The van der Waals surface area contributed by atoms with E-state index in [1.54, 1.807) is 21.3 Å². The molecule has 0 aromatic heterocycles. The Morgan fingerprint density at radius 1 is 1.29 bits per heavy atom. The first-order chi connectivity index (χ1) is 8.13. The van der Waals surface area contributed by atoms with Gasteiger partial charge in [0.2, 0.25) is 5.79 Å². The number of benzene rings is 1. The largest absolute Gasteiger partial charge is 0.493 e. The fraction of sp³-hybridized carbons (Fsp3) is 0.538.